The monoisotopic (exact) mass is 316 g/mol. The van der Waals surface area contributed by atoms with Crippen molar-refractivity contribution in [3.63, 3.8) is 0 Å². The van der Waals surface area contributed by atoms with Gasteiger partial charge in [-0.05, 0) is 12.0 Å². The Kier molecular flexibility index (Phi) is 6.73. The Morgan fingerprint density at radius 3 is 2.33 bits per heavy atom. The molecule has 0 fully saturated rings. The van der Waals surface area contributed by atoms with Gasteiger partial charge in [-0.3, -0.25) is 10.1 Å². The van der Waals surface area contributed by atoms with Crippen molar-refractivity contribution in [2.75, 3.05) is 19.7 Å². The molecular weight excluding hydrogens is 296 g/mol. The summed E-state index contributed by atoms with van der Waals surface area (Å²) in [4.78, 5) is 10.0. The predicted octanol–water partition coefficient (Wildman–Crippen LogP) is 1.52. The van der Waals surface area contributed by atoms with E-state index in [-0.39, 0.29) is 24.6 Å². The zero-order valence-electron chi connectivity index (χ0n) is 11.9. The highest BCUT2D eigenvalue weighted by molar-refractivity contribution is 7.88. The molecule has 1 aromatic carbocycles. The number of nitro benzene ring substituents is 1. The van der Waals surface area contributed by atoms with E-state index in [1.165, 1.54) is 28.6 Å². The van der Waals surface area contributed by atoms with Gasteiger partial charge in [0, 0.05) is 25.2 Å². The first-order valence-corrected chi connectivity index (χ1v) is 8.33. The molecule has 0 bridgehead atoms. The van der Waals surface area contributed by atoms with Gasteiger partial charge < -0.3 is 5.11 Å². The van der Waals surface area contributed by atoms with E-state index in [1.807, 2.05) is 6.92 Å². The molecule has 0 spiro atoms. The van der Waals surface area contributed by atoms with Crippen LogP contribution >= 0.6 is 0 Å². The number of unbranched alkanes of at least 4 members (excludes halogenated alkanes) is 1. The highest BCUT2D eigenvalue weighted by Gasteiger charge is 2.21. The van der Waals surface area contributed by atoms with Crippen molar-refractivity contribution in [3.05, 3.63) is 39.9 Å². The molecule has 0 radical (unpaired) electrons. The quantitative estimate of drug-likeness (QED) is 0.550. The Hall–Kier alpha value is -1.51. The molecule has 0 atom stereocenters. The summed E-state index contributed by atoms with van der Waals surface area (Å²) in [5.41, 5.74) is 0.411. The minimum atomic E-state index is -3.54. The Bertz CT molecular complexity index is 556. The second kappa shape index (κ2) is 8.06. The lowest BCUT2D eigenvalue weighted by atomic mass is 10.2. The minimum absolute atomic E-state index is 0.0648. The van der Waals surface area contributed by atoms with Gasteiger partial charge in [0.15, 0.2) is 0 Å². The number of nitrogens with zero attached hydrogens (tertiary/aromatic N) is 2. The number of rotatable bonds is 9. The fourth-order valence-corrected chi connectivity index (χ4v) is 3.42. The van der Waals surface area contributed by atoms with Crippen LogP contribution in [0.2, 0.25) is 0 Å². The minimum Gasteiger partial charge on any atom is -0.395 e. The van der Waals surface area contributed by atoms with Crippen molar-refractivity contribution >= 4 is 15.7 Å². The molecule has 1 aromatic rings. The van der Waals surface area contributed by atoms with Crippen molar-refractivity contribution < 1.29 is 18.4 Å². The highest BCUT2D eigenvalue weighted by atomic mass is 32.2. The van der Waals surface area contributed by atoms with Gasteiger partial charge in [-0.15, -0.1) is 0 Å². The first-order chi connectivity index (χ1) is 9.90. The second-order valence-electron chi connectivity index (χ2n) is 4.66. The average Bonchev–Trinajstić information content (AvgIpc) is 2.43. The van der Waals surface area contributed by atoms with E-state index in [1.54, 1.807) is 0 Å². The molecule has 0 aliphatic rings. The number of non-ortho nitro benzene ring substituents is 1. The molecule has 0 saturated heterocycles. The van der Waals surface area contributed by atoms with Crippen LogP contribution in [0, 0.1) is 10.1 Å². The fraction of sp³-hybridized carbons (Fsp3) is 0.538. The normalized spacial score (nSPS) is 11.8. The van der Waals surface area contributed by atoms with E-state index in [9.17, 15) is 18.5 Å². The van der Waals surface area contributed by atoms with Crippen LogP contribution in [0.1, 0.15) is 25.3 Å². The lowest BCUT2D eigenvalue weighted by molar-refractivity contribution is -0.384. The highest BCUT2D eigenvalue weighted by Crippen LogP contribution is 2.16. The number of benzene rings is 1. The number of hydrogen-bond acceptors (Lipinski definition) is 5. The second-order valence-corrected chi connectivity index (χ2v) is 6.62. The van der Waals surface area contributed by atoms with Crippen molar-refractivity contribution in [3.8, 4) is 0 Å². The Balaban J connectivity index is 2.83. The van der Waals surface area contributed by atoms with E-state index in [4.69, 9.17) is 5.11 Å². The largest absolute Gasteiger partial charge is 0.395 e. The van der Waals surface area contributed by atoms with Gasteiger partial charge in [0.05, 0.1) is 17.3 Å². The van der Waals surface area contributed by atoms with Gasteiger partial charge in [0.1, 0.15) is 0 Å². The molecule has 0 heterocycles. The van der Waals surface area contributed by atoms with Crippen molar-refractivity contribution in [1.29, 1.82) is 0 Å². The van der Waals surface area contributed by atoms with Gasteiger partial charge in [-0.2, -0.15) is 4.31 Å². The van der Waals surface area contributed by atoms with Crippen LogP contribution in [-0.4, -0.2) is 42.4 Å². The molecule has 8 heteroatoms. The van der Waals surface area contributed by atoms with Gasteiger partial charge in [0.2, 0.25) is 10.0 Å². The fourth-order valence-electron chi connectivity index (χ4n) is 1.85. The molecule has 0 aliphatic carbocycles. The van der Waals surface area contributed by atoms with Gasteiger partial charge >= 0.3 is 0 Å². The van der Waals surface area contributed by atoms with E-state index in [0.29, 0.717) is 12.1 Å². The number of aliphatic hydroxyl groups is 1. The molecule has 21 heavy (non-hydrogen) atoms. The summed E-state index contributed by atoms with van der Waals surface area (Å²) in [6.07, 6.45) is 1.58. The first-order valence-electron chi connectivity index (χ1n) is 6.72. The van der Waals surface area contributed by atoms with Gasteiger partial charge in [-0.25, -0.2) is 8.42 Å². The maximum absolute atomic E-state index is 12.3. The predicted molar refractivity (Wildman–Crippen MR) is 79.3 cm³/mol. The molecule has 118 valence electrons. The molecule has 0 unspecified atom stereocenters. The van der Waals surface area contributed by atoms with E-state index >= 15 is 0 Å². The third-order valence-electron chi connectivity index (χ3n) is 3.00. The van der Waals surface area contributed by atoms with Crippen LogP contribution in [0.15, 0.2) is 24.3 Å². The maximum atomic E-state index is 12.3. The Morgan fingerprint density at radius 2 is 1.86 bits per heavy atom. The summed E-state index contributed by atoms with van der Waals surface area (Å²) in [6, 6.07) is 5.44. The van der Waals surface area contributed by atoms with Crippen LogP contribution in [-0.2, 0) is 15.8 Å². The molecule has 0 aromatic heterocycles. The molecule has 1 N–H and O–H groups in total. The third kappa shape index (κ3) is 5.41. The summed E-state index contributed by atoms with van der Waals surface area (Å²) >= 11 is 0. The maximum Gasteiger partial charge on any atom is 0.269 e. The van der Waals surface area contributed by atoms with Gasteiger partial charge in [-0.1, -0.05) is 25.5 Å². The molecule has 0 aliphatic heterocycles. The molecule has 0 saturated carbocycles. The summed E-state index contributed by atoms with van der Waals surface area (Å²) in [5.74, 6) is -0.227. The topological polar surface area (TPSA) is 101 Å². The van der Waals surface area contributed by atoms with Crippen LogP contribution in [0.5, 0.6) is 0 Å². The zero-order chi connectivity index (χ0) is 15.9. The number of aliphatic hydroxyl groups excluding tert-OH is 1. The van der Waals surface area contributed by atoms with E-state index in [2.05, 4.69) is 0 Å². The SMILES string of the molecule is CCCCN(CCO)S(=O)(=O)Cc1ccc([N+](=O)[O-])cc1. The van der Waals surface area contributed by atoms with Crippen LogP contribution in [0.3, 0.4) is 0 Å². The number of nitro groups is 1. The van der Waals surface area contributed by atoms with Crippen molar-refractivity contribution in [2.24, 2.45) is 0 Å². The lowest BCUT2D eigenvalue weighted by Gasteiger charge is -2.21. The smallest absolute Gasteiger partial charge is 0.269 e. The summed E-state index contributed by atoms with van der Waals surface area (Å²) < 4.78 is 25.9. The Labute approximate surface area is 124 Å². The molecule has 7 nitrogen and oxygen atoms in total. The van der Waals surface area contributed by atoms with Crippen LogP contribution < -0.4 is 0 Å². The zero-order valence-corrected chi connectivity index (χ0v) is 12.8. The number of hydrogen-bond donors (Lipinski definition) is 1. The van der Waals surface area contributed by atoms with Gasteiger partial charge in [0.25, 0.3) is 5.69 Å². The molecule has 1 rings (SSSR count). The van der Waals surface area contributed by atoms with Crippen molar-refractivity contribution in [2.45, 2.75) is 25.5 Å². The van der Waals surface area contributed by atoms with Crippen LogP contribution in [0.4, 0.5) is 5.69 Å². The molecular formula is C13H20N2O5S. The average molecular weight is 316 g/mol. The number of sulfonamides is 1. The standard InChI is InChI=1S/C13H20N2O5S/c1-2-3-8-14(9-10-16)21(19,20)11-12-4-6-13(7-5-12)15(17)18/h4-7,16H,2-3,8-11H2,1H3. The van der Waals surface area contributed by atoms with E-state index < -0.39 is 14.9 Å². The van der Waals surface area contributed by atoms with Crippen molar-refractivity contribution in [1.82, 2.24) is 4.31 Å². The third-order valence-corrected chi connectivity index (χ3v) is 4.85. The lowest BCUT2D eigenvalue weighted by Crippen LogP contribution is -2.35. The van der Waals surface area contributed by atoms with Crippen LogP contribution in [0.25, 0.3) is 0 Å². The first kappa shape index (κ1) is 17.5. The summed E-state index contributed by atoms with van der Waals surface area (Å²) in [5, 5.41) is 19.5. The summed E-state index contributed by atoms with van der Waals surface area (Å²) in [6.45, 7) is 2.16. The summed E-state index contributed by atoms with van der Waals surface area (Å²) in [7, 11) is -3.54. The van der Waals surface area contributed by atoms with E-state index in [0.717, 1.165) is 12.8 Å². The molecule has 0 amide bonds. The Morgan fingerprint density at radius 1 is 1.24 bits per heavy atom.